The van der Waals surface area contributed by atoms with Gasteiger partial charge in [0.2, 0.25) is 0 Å². The van der Waals surface area contributed by atoms with E-state index in [4.69, 9.17) is 0 Å². The van der Waals surface area contributed by atoms with E-state index in [1.165, 1.54) is 33.4 Å². The summed E-state index contributed by atoms with van der Waals surface area (Å²) in [4.78, 5) is 26.5. The van der Waals surface area contributed by atoms with E-state index >= 15 is 0 Å². The summed E-state index contributed by atoms with van der Waals surface area (Å²) in [6.07, 6.45) is -0.646. The van der Waals surface area contributed by atoms with Crippen LogP contribution in [0.1, 0.15) is 40.2 Å². The Morgan fingerprint density at radius 2 is 1.36 bits per heavy atom. The van der Waals surface area contributed by atoms with Gasteiger partial charge in [0, 0.05) is 35.8 Å². The van der Waals surface area contributed by atoms with Gasteiger partial charge < -0.3 is 4.57 Å². The number of Topliss-reactive ketones (excluding diaryl/α,β-unsaturated/α-hetero) is 1. The molecule has 4 aromatic carbocycles. The van der Waals surface area contributed by atoms with Crippen LogP contribution in [0.2, 0.25) is 0 Å². The fourth-order valence-corrected chi connectivity index (χ4v) is 6.66. The van der Waals surface area contributed by atoms with Crippen molar-refractivity contribution in [1.82, 2.24) is 8.87 Å². The minimum absolute atomic E-state index is 0.128. The number of hydrogen-bond acceptors (Lipinski definition) is 4. The SMILES string of the molecule is O=C(Cn1cc(SN2CCC(c3ccc(-c4ccccc4)cc3)CC2)ccc1=O)c1ccc(-c2cccc(C(F)(F)F)c2)cc1. The van der Waals surface area contributed by atoms with E-state index in [-0.39, 0.29) is 17.9 Å². The van der Waals surface area contributed by atoms with Crippen LogP contribution in [0.5, 0.6) is 0 Å². The minimum Gasteiger partial charge on any atom is -0.307 e. The first-order chi connectivity index (χ1) is 21.7. The first-order valence-electron chi connectivity index (χ1n) is 14.8. The van der Waals surface area contributed by atoms with Crippen molar-refractivity contribution in [2.45, 2.75) is 36.4 Å². The standard InChI is InChI=1S/C37H31F3N2O2S/c38-37(39,40)33-8-4-7-32(23-33)29-13-15-31(16-14-29)35(43)25-41-24-34(17-18-36(41)44)45-42-21-19-30(20-22-42)28-11-9-27(10-12-28)26-5-2-1-3-6-26/h1-18,23-24,30H,19-22,25H2. The Hall–Kier alpha value is -4.40. The number of aromatic nitrogens is 1. The van der Waals surface area contributed by atoms with E-state index in [9.17, 15) is 22.8 Å². The molecule has 1 aromatic heterocycles. The highest BCUT2D eigenvalue weighted by Crippen LogP contribution is 2.34. The number of rotatable bonds is 8. The number of carbonyl (C=O) groups excluding carboxylic acids is 1. The lowest BCUT2D eigenvalue weighted by atomic mass is 9.89. The molecule has 8 heteroatoms. The maximum Gasteiger partial charge on any atom is 0.416 e. The van der Waals surface area contributed by atoms with Crippen molar-refractivity contribution in [2.24, 2.45) is 0 Å². The predicted molar refractivity (Wildman–Crippen MR) is 173 cm³/mol. The molecule has 1 fully saturated rings. The minimum atomic E-state index is -4.43. The maximum absolute atomic E-state index is 13.1. The molecule has 0 atom stereocenters. The fourth-order valence-electron chi connectivity index (χ4n) is 5.66. The van der Waals surface area contributed by atoms with Gasteiger partial charge in [-0.3, -0.25) is 9.59 Å². The van der Waals surface area contributed by atoms with E-state index in [1.807, 2.05) is 18.2 Å². The molecule has 4 nitrogen and oxygen atoms in total. The number of carbonyl (C=O) groups is 1. The lowest BCUT2D eigenvalue weighted by Crippen LogP contribution is -2.28. The van der Waals surface area contributed by atoms with Crippen molar-refractivity contribution in [2.75, 3.05) is 13.1 Å². The van der Waals surface area contributed by atoms with Crippen LogP contribution in [-0.2, 0) is 12.7 Å². The van der Waals surface area contributed by atoms with Crippen molar-refractivity contribution < 1.29 is 18.0 Å². The van der Waals surface area contributed by atoms with Crippen molar-refractivity contribution in [3.63, 3.8) is 0 Å². The second-order valence-electron chi connectivity index (χ2n) is 11.2. The van der Waals surface area contributed by atoms with E-state index < -0.39 is 11.7 Å². The van der Waals surface area contributed by atoms with Gasteiger partial charge in [-0.1, -0.05) is 91.0 Å². The summed E-state index contributed by atoms with van der Waals surface area (Å²) >= 11 is 1.59. The van der Waals surface area contributed by atoms with Crippen molar-refractivity contribution in [3.8, 4) is 22.3 Å². The molecule has 0 spiro atoms. The van der Waals surface area contributed by atoms with Gasteiger partial charge in [-0.2, -0.15) is 13.2 Å². The average Bonchev–Trinajstić information content (AvgIpc) is 3.07. The Kier molecular flexibility index (Phi) is 9.05. The van der Waals surface area contributed by atoms with E-state index in [0.29, 0.717) is 22.6 Å². The molecular formula is C37H31F3N2O2S. The number of piperidine rings is 1. The number of alkyl halides is 3. The molecule has 0 saturated carbocycles. The van der Waals surface area contributed by atoms with Crippen LogP contribution in [0.15, 0.2) is 131 Å². The van der Waals surface area contributed by atoms with Crippen LogP contribution in [0, 0.1) is 0 Å². The predicted octanol–water partition coefficient (Wildman–Crippen LogP) is 8.97. The quantitative estimate of drug-likeness (QED) is 0.128. The zero-order valence-corrected chi connectivity index (χ0v) is 25.2. The van der Waals surface area contributed by atoms with E-state index in [1.54, 1.807) is 54.5 Å². The zero-order valence-electron chi connectivity index (χ0n) is 24.4. The monoisotopic (exact) mass is 624 g/mol. The summed E-state index contributed by atoms with van der Waals surface area (Å²) in [7, 11) is 0. The summed E-state index contributed by atoms with van der Waals surface area (Å²) in [5.41, 5.74) is 4.15. The van der Waals surface area contributed by atoms with Crippen LogP contribution >= 0.6 is 11.9 Å². The first kappa shape index (κ1) is 30.6. The van der Waals surface area contributed by atoms with Crippen LogP contribution in [-0.4, -0.2) is 27.7 Å². The third kappa shape index (κ3) is 7.47. The lowest BCUT2D eigenvalue weighted by molar-refractivity contribution is -0.137. The summed E-state index contributed by atoms with van der Waals surface area (Å²) in [6, 6.07) is 34.0. The summed E-state index contributed by atoms with van der Waals surface area (Å²) in [5.74, 6) is 0.243. The van der Waals surface area contributed by atoms with Gasteiger partial charge in [-0.25, -0.2) is 4.31 Å². The number of hydrogen-bond donors (Lipinski definition) is 0. The molecule has 2 heterocycles. The Morgan fingerprint density at radius 3 is 2.04 bits per heavy atom. The zero-order chi connectivity index (χ0) is 31.4. The summed E-state index contributed by atoms with van der Waals surface area (Å²) < 4.78 is 43.0. The van der Waals surface area contributed by atoms with Crippen molar-refractivity contribution >= 4 is 17.7 Å². The van der Waals surface area contributed by atoms with Crippen molar-refractivity contribution in [1.29, 1.82) is 0 Å². The topological polar surface area (TPSA) is 42.3 Å². The maximum atomic E-state index is 13.1. The van der Waals surface area contributed by atoms with Crippen molar-refractivity contribution in [3.05, 3.63) is 149 Å². The van der Waals surface area contributed by atoms with Gasteiger partial charge in [0.25, 0.3) is 5.56 Å². The van der Waals surface area contributed by atoms with E-state index in [2.05, 4.69) is 40.7 Å². The number of halogens is 3. The van der Waals surface area contributed by atoms with Crippen LogP contribution in [0.3, 0.4) is 0 Å². The molecule has 1 saturated heterocycles. The summed E-state index contributed by atoms with van der Waals surface area (Å²) in [5, 5.41) is 0. The molecular weight excluding hydrogens is 593 g/mol. The van der Waals surface area contributed by atoms with Crippen LogP contribution < -0.4 is 5.56 Å². The highest BCUT2D eigenvalue weighted by molar-refractivity contribution is 7.97. The average molecular weight is 625 g/mol. The van der Waals surface area contributed by atoms with Gasteiger partial charge in [0.1, 0.15) is 0 Å². The van der Waals surface area contributed by atoms with Gasteiger partial charge >= 0.3 is 6.18 Å². The second-order valence-corrected chi connectivity index (χ2v) is 12.4. The van der Waals surface area contributed by atoms with Gasteiger partial charge in [-0.05, 0) is 76.7 Å². The molecule has 0 N–H and O–H groups in total. The van der Waals surface area contributed by atoms with E-state index in [0.717, 1.165) is 43.0 Å². The first-order valence-corrected chi connectivity index (χ1v) is 15.6. The summed E-state index contributed by atoms with van der Waals surface area (Å²) in [6.45, 7) is 1.69. The molecule has 0 unspecified atom stereocenters. The molecule has 1 aliphatic rings. The third-order valence-corrected chi connectivity index (χ3v) is 9.25. The Labute approximate surface area is 264 Å². The van der Waals surface area contributed by atoms with Gasteiger partial charge in [-0.15, -0.1) is 0 Å². The Morgan fingerprint density at radius 1 is 0.733 bits per heavy atom. The molecule has 1 aliphatic heterocycles. The molecule has 45 heavy (non-hydrogen) atoms. The molecule has 6 rings (SSSR count). The van der Waals surface area contributed by atoms with Gasteiger partial charge in [0.05, 0.1) is 12.1 Å². The Bertz CT molecular complexity index is 1830. The fraction of sp³-hybridized carbons (Fsp3) is 0.189. The number of pyridine rings is 1. The molecule has 228 valence electrons. The third-order valence-electron chi connectivity index (χ3n) is 8.18. The molecule has 5 aromatic rings. The second kappa shape index (κ2) is 13.3. The number of ketones is 1. The number of nitrogens with zero attached hydrogens (tertiary/aromatic N) is 2. The Balaban J connectivity index is 1.05. The molecule has 0 radical (unpaired) electrons. The number of benzene rings is 4. The molecule has 0 bridgehead atoms. The largest absolute Gasteiger partial charge is 0.416 e. The molecule has 0 aliphatic carbocycles. The van der Waals surface area contributed by atoms with Gasteiger partial charge in [0.15, 0.2) is 5.78 Å². The lowest BCUT2D eigenvalue weighted by Gasteiger charge is -2.31. The smallest absolute Gasteiger partial charge is 0.307 e. The van der Waals surface area contributed by atoms with Crippen LogP contribution in [0.4, 0.5) is 13.2 Å². The highest BCUT2D eigenvalue weighted by atomic mass is 32.2. The highest BCUT2D eigenvalue weighted by Gasteiger charge is 2.30. The van der Waals surface area contributed by atoms with Crippen LogP contribution in [0.25, 0.3) is 22.3 Å². The molecule has 0 amide bonds. The normalized spacial score (nSPS) is 14.4.